The van der Waals surface area contributed by atoms with E-state index in [1.807, 2.05) is 19.1 Å². The van der Waals surface area contributed by atoms with E-state index in [9.17, 15) is 13.2 Å². The van der Waals surface area contributed by atoms with E-state index in [-0.39, 0.29) is 5.91 Å². The van der Waals surface area contributed by atoms with Gasteiger partial charge in [-0.05, 0) is 56.4 Å². The molecule has 1 aliphatic rings. The highest BCUT2D eigenvalue weighted by Gasteiger charge is 2.38. The van der Waals surface area contributed by atoms with Crippen molar-refractivity contribution in [2.24, 2.45) is 0 Å². The molecular weight excluding hydrogens is 360 g/mol. The summed E-state index contributed by atoms with van der Waals surface area (Å²) >= 11 is 0. The Morgan fingerprint density at radius 1 is 1.00 bits per heavy atom. The number of sulfonamides is 1. The Morgan fingerprint density at radius 3 is 2.11 bits per heavy atom. The van der Waals surface area contributed by atoms with Crippen molar-refractivity contribution in [3.8, 4) is 0 Å². The topological polar surface area (TPSA) is 54.5 Å². The molecule has 0 aliphatic carbocycles. The second kappa shape index (κ2) is 9.69. The van der Waals surface area contributed by atoms with Gasteiger partial charge in [-0.1, -0.05) is 26.7 Å². The summed E-state index contributed by atoms with van der Waals surface area (Å²) < 4.78 is 26.3. The smallest absolute Gasteiger partial charge is 0.270 e. The number of nitrogens with zero attached hydrogens (tertiary/aromatic N) is 2. The summed E-state index contributed by atoms with van der Waals surface area (Å²) in [6.07, 6.45) is 8.54. The molecule has 0 radical (unpaired) electrons. The highest BCUT2D eigenvalue weighted by Crippen LogP contribution is 2.26. The molecule has 1 heterocycles. The van der Waals surface area contributed by atoms with E-state index in [0.29, 0.717) is 22.3 Å². The van der Waals surface area contributed by atoms with Crippen molar-refractivity contribution >= 4 is 21.6 Å². The van der Waals surface area contributed by atoms with Gasteiger partial charge in [-0.15, -0.1) is 0 Å². The molecule has 5 nitrogen and oxygen atoms in total. The predicted molar refractivity (Wildman–Crippen MR) is 111 cm³/mol. The first kappa shape index (κ1) is 21.9. The third-order valence-corrected chi connectivity index (χ3v) is 6.75. The summed E-state index contributed by atoms with van der Waals surface area (Å²) in [4.78, 5) is 13.3. The molecule has 152 valence electrons. The quantitative estimate of drug-likeness (QED) is 0.589. The van der Waals surface area contributed by atoms with Gasteiger partial charge in [-0.3, -0.25) is 8.79 Å². The Labute approximate surface area is 165 Å². The van der Waals surface area contributed by atoms with Crippen molar-refractivity contribution in [2.45, 2.75) is 58.8 Å². The first-order chi connectivity index (χ1) is 12.8. The van der Waals surface area contributed by atoms with Gasteiger partial charge in [0.25, 0.3) is 0 Å². The second-order valence-corrected chi connectivity index (χ2v) is 9.68. The number of anilines is 1. The van der Waals surface area contributed by atoms with Crippen LogP contribution in [0, 0.1) is 0 Å². The van der Waals surface area contributed by atoms with E-state index in [0.717, 1.165) is 58.2 Å². The molecule has 6 heteroatoms. The molecule has 0 N–H and O–H groups in total. The second-order valence-electron chi connectivity index (χ2n) is 7.77. The number of amides is 1. The van der Waals surface area contributed by atoms with Crippen LogP contribution < -0.4 is 4.31 Å². The number of rotatable bonds is 9. The van der Waals surface area contributed by atoms with Crippen LogP contribution in [0.2, 0.25) is 0 Å². The van der Waals surface area contributed by atoms with Gasteiger partial charge in [0.2, 0.25) is 10.0 Å². The Morgan fingerprint density at radius 2 is 1.59 bits per heavy atom. The van der Waals surface area contributed by atoms with Crippen LogP contribution in [0.25, 0.3) is 0 Å². The van der Waals surface area contributed by atoms with E-state index < -0.39 is 10.0 Å². The van der Waals surface area contributed by atoms with Crippen LogP contribution in [0.5, 0.6) is 0 Å². The van der Waals surface area contributed by atoms with Crippen LogP contribution in [0.15, 0.2) is 24.3 Å². The fourth-order valence-corrected chi connectivity index (χ4v) is 4.90. The summed E-state index contributed by atoms with van der Waals surface area (Å²) in [7, 11) is -3.32. The van der Waals surface area contributed by atoms with Crippen LogP contribution in [0.3, 0.4) is 0 Å². The molecule has 0 atom stereocenters. The number of unbranched alkanes of at least 4 members (excludes halogenated alkanes) is 2. The van der Waals surface area contributed by atoms with Crippen LogP contribution in [0.1, 0.15) is 69.2 Å². The van der Waals surface area contributed by atoms with E-state index >= 15 is 0 Å². The van der Waals surface area contributed by atoms with Crippen molar-refractivity contribution in [3.63, 3.8) is 0 Å². The molecular formula is C21H35N2O3S+. The van der Waals surface area contributed by atoms with Gasteiger partial charge >= 0.3 is 5.91 Å². The first-order valence-corrected chi connectivity index (χ1v) is 12.2. The number of hydrogen-bond acceptors (Lipinski definition) is 3. The van der Waals surface area contributed by atoms with Crippen LogP contribution in [-0.2, 0) is 10.0 Å². The zero-order valence-electron chi connectivity index (χ0n) is 17.1. The molecule has 1 fully saturated rings. The fraction of sp³-hybridized carbons (Fsp3) is 0.667. The maximum Gasteiger partial charge on any atom is 0.345 e. The zero-order chi connectivity index (χ0) is 19.9. The van der Waals surface area contributed by atoms with Gasteiger partial charge in [-0.25, -0.2) is 13.2 Å². The van der Waals surface area contributed by atoms with Gasteiger partial charge < -0.3 is 0 Å². The number of hydrogen-bond donors (Lipinski definition) is 0. The molecule has 0 aromatic heterocycles. The van der Waals surface area contributed by atoms with E-state index in [2.05, 4.69) is 6.92 Å². The maximum absolute atomic E-state index is 13.3. The summed E-state index contributed by atoms with van der Waals surface area (Å²) in [5, 5.41) is 0. The van der Waals surface area contributed by atoms with Crippen LogP contribution in [-0.4, -0.2) is 51.2 Å². The molecule has 27 heavy (non-hydrogen) atoms. The maximum atomic E-state index is 13.3. The molecule has 1 aromatic rings. The molecule has 1 aliphatic heterocycles. The minimum Gasteiger partial charge on any atom is -0.270 e. The van der Waals surface area contributed by atoms with Crippen molar-refractivity contribution in [3.05, 3.63) is 29.8 Å². The number of piperidine rings is 1. The molecule has 0 bridgehead atoms. The van der Waals surface area contributed by atoms with Gasteiger partial charge in [0.05, 0.1) is 37.1 Å². The Bertz CT molecular complexity index is 707. The number of likely N-dealkylation sites (tertiary alicyclic amines) is 1. The average molecular weight is 396 g/mol. The molecule has 1 saturated heterocycles. The highest BCUT2D eigenvalue weighted by molar-refractivity contribution is 7.92. The van der Waals surface area contributed by atoms with Gasteiger partial charge in [0.15, 0.2) is 0 Å². The lowest BCUT2D eigenvalue weighted by atomic mass is 10.0. The van der Waals surface area contributed by atoms with Crippen LogP contribution >= 0.6 is 0 Å². The minimum atomic E-state index is -3.32. The molecule has 1 aromatic carbocycles. The third kappa shape index (κ3) is 5.55. The van der Waals surface area contributed by atoms with E-state index in [1.165, 1.54) is 17.0 Å². The Hall–Kier alpha value is -1.40. The van der Waals surface area contributed by atoms with Crippen LogP contribution in [0.4, 0.5) is 5.69 Å². The van der Waals surface area contributed by atoms with Crippen molar-refractivity contribution in [1.29, 1.82) is 0 Å². The third-order valence-electron chi connectivity index (χ3n) is 5.56. The average Bonchev–Trinajstić information content (AvgIpc) is 2.66. The number of quaternary nitrogens is 1. The summed E-state index contributed by atoms with van der Waals surface area (Å²) in [5.74, 6) is 0.189. The van der Waals surface area contributed by atoms with Gasteiger partial charge in [-0.2, -0.15) is 0 Å². The highest BCUT2D eigenvalue weighted by atomic mass is 32.2. The van der Waals surface area contributed by atoms with E-state index in [4.69, 9.17) is 0 Å². The van der Waals surface area contributed by atoms with Gasteiger partial charge in [0.1, 0.15) is 0 Å². The number of benzene rings is 1. The SMILES string of the molecule is CCCCN(c1ccc(C(=O)[N+]2(CCCC)CCCCC2)cc1)S(C)(=O)=O. The van der Waals surface area contributed by atoms with Crippen molar-refractivity contribution in [1.82, 2.24) is 0 Å². The van der Waals surface area contributed by atoms with Crippen molar-refractivity contribution in [2.75, 3.05) is 36.7 Å². The number of carbonyl (C=O) groups is 1. The molecule has 2 rings (SSSR count). The zero-order valence-corrected chi connectivity index (χ0v) is 17.9. The normalized spacial score (nSPS) is 16.9. The lowest BCUT2D eigenvalue weighted by molar-refractivity contribution is -0.854. The fourth-order valence-electron chi connectivity index (χ4n) is 3.94. The first-order valence-electron chi connectivity index (χ1n) is 10.3. The molecule has 0 saturated carbocycles. The predicted octanol–water partition coefficient (Wildman–Crippen LogP) is 4.19. The van der Waals surface area contributed by atoms with E-state index in [1.54, 1.807) is 12.1 Å². The number of carbonyl (C=O) groups excluding carboxylic acids is 1. The standard InChI is InChI=1S/C21H35N2O3S/c1-4-6-15-22(27(3,25)26)20-13-11-19(12-14-20)21(24)23(16-7-5-2)17-9-8-10-18-23/h11-14H,4-10,15-18H2,1-3H3/q+1. The monoisotopic (exact) mass is 395 g/mol. The Kier molecular flexibility index (Phi) is 7.86. The van der Waals surface area contributed by atoms with Crippen molar-refractivity contribution < 1.29 is 17.7 Å². The molecule has 1 amide bonds. The summed E-state index contributed by atoms with van der Waals surface area (Å²) in [5.41, 5.74) is 1.34. The summed E-state index contributed by atoms with van der Waals surface area (Å²) in [6.45, 7) is 7.43. The molecule has 0 unspecified atom stereocenters. The largest absolute Gasteiger partial charge is 0.345 e. The lowest BCUT2D eigenvalue weighted by Gasteiger charge is -2.39. The lowest BCUT2D eigenvalue weighted by Crippen LogP contribution is -2.56. The molecule has 0 spiro atoms. The Balaban J connectivity index is 2.24. The minimum absolute atomic E-state index is 0.189. The van der Waals surface area contributed by atoms with Gasteiger partial charge in [0, 0.05) is 6.54 Å². The summed E-state index contributed by atoms with van der Waals surface area (Å²) in [6, 6.07) is 7.18.